The summed E-state index contributed by atoms with van der Waals surface area (Å²) in [6.45, 7) is 6.30. The summed E-state index contributed by atoms with van der Waals surface area (Å²) in [5, 5.41) is 3.25. The van der Waals surface area contributed by atoms with Crippen molar-refractivity contribution in [2.75, 3.05) is 32.5 Å². The lowest BCUT2D eigenvalue weighted by molar-refractivity contribution is 0.210. The Morgan fingerprint density at radius 1 is 1.30 bits per heavy atom. The molecule has 1 fully saturated rings. The molecule has 0 bridgehead atoms. The molecular weight excluding hydrogens is 284 g/mol. The van der Waals surface area contributed by atoms with E-state index in [9.17, 15) is 0 Å². The van der Waals surface area contributed by atoms with Gasteiger partial charge in [-0.25, -0.2) is 0 Å². The number of nitrogens with one attached hydrogen (secondary N) is 1. The van der Waals surface area contributed by atoms with Crippen molar-refractivity contribution in [1.29, 1.82) is 0 Å². The van der Waals surface area contributed by atoms with Gasteiger partial charge in [0.25, 0.3) is 0 Å². The highest BCUT2D eigenvalue weighted by atomic mass is 15.1. The molecule has 4 heteroatoms. The van der Waals surface area contributed by atoms with E-state index in [2.05, 4.69) is 61.4 Å². The third kappa shape index (κ3) is 5.24. The van der Waals surface area contributed by atoms with E-state index in [0.717, 1.165) is 18.8 Å². The third-order valence-corrected chi connectivity index (χ3v) is 4.73. The number of aliphatic imine (C=N–C) groups is 1. The number of hydrogen-bond acceptors (Lipinski definition) is 2. The first-order valence-corrected chi connectivity index (χ1v) is 8.72. The number of rotatable bonds is 6. The first-order valence-electron chi connectivity index (χ1n) is 8.72. The summed E-state index contributed by atoms with van der Waals surface area (Å²) in [6.07, 6.45) is 5.13. The van der Waals surface area contributed by atoms with Crippen LogP contribution in [0.4, 0.5) is 5.69 Å². The van der Waals surface area contributed by atoms with E-state index in [-0.39, 0.29) is 0 Å². The van der Waals surface area contributed by atoms with E-state index < -0.39 is 0 Å². The fourth-order valence-corrected chi connectivity index (χ4v) is 3.58. The lowest BCUT2D eigenvalue weighted by Gasteiger charge is -2.30. The zero-order chi connectivity index (χ0) is 16.9. The first-order chi connectivity index (χ1) is 10.9. The predicted octanol–water partition coefficient (Wildman–Crippen LogP) is 3.66. The maximum atomic E-state index is 6.12. The van der Waals surface area contributed by atoms with E-state index in [4.69, 9.17) is 5.73 Å². The predicted molar refractivity (Wildman–Crippen MR) is 100 cm³/mol. The minimum atomic E-state index is 0.301. The van der Waals surface area contributed by atoms with Gasteiger partial charge in [-0.1, -0.05) is 38.8 Å². The minimum absolute atomic E-state index is 0.301. The van der Waals surface area contributed by atoms with Crippen LogP contribution >= 0.6 is 0 Å². The van der Waals surface area contributed by atoms with Crippen molar-refractivity contribution >= 4 is 11.6 Å². The average molecular weight is 316 g/mol. The molecule has 0 atom stereocenters. The summed E-state index contributed by atoms with van der Waals surface area (Å²) in [6, 6.07) is 8.40. The second-order valence-electron chi connectivity index (χ2n) is 7.55. The highest BCUT2D eigenvalue weighted by molar-refractivity contribution is 5.92. The van der Waals surface area contributed by atoms with Crippen LogP contribution in [-0.4, -0.2) is 38.0 Å². The molecule has 1 saturated carbocycles. The summed E-state index contributed by atoms with van der Waals surface area (Å²) in [5.41, 5.74) is 8.75. The van der Waals surface area contributed by atoms with Crippen LogP contribution in [0.2, 0.25) is 0 Å². The van der Waals surface area contributed by atoms with Crippen LogP contribution in [0.1, 0.15) is 51.0 Å². The SMILES string of the molecule is CC(C)c1cccc(NC(N)=NCC2(CN(C)C)CCCC2)c1. The Hall–Kier alpha value is -1.55. The highest BCUT2D eigenvalue weighted by Crippen LogP contribution is 2.38. The van der Waals surface area contributed by atoms with Crippen molar-refractivity contribution in [1.82, 2.24) is 4.90 Å². The molecular formula is C19H32N4. The maximum Gasteiger partial charge on any atom is 0.193 e. The average Bonchev–Trinajstić information content (AvgIpc) is 2.93. The van der Waals surface area contributed by atoms with Crippen LogP contribution in [-0.2, 0) is 0 Å². The van der Waals surface area contributed by atoms with Gasteiger partial charge in [0.15, 0.2) is 5.96 Å². The Kier molecular flexibility index (Phi) is 6.05. The van der Waals surface area contributed by atoms with E-state index in [0.29, 0.717) is 17.3 Å². The van der Waals surface area contributed by atoms with Crippen LogP contribution in [0.15, 0.2) is 29.3 Å². The molecule has 4 nitrogen and oxygen atoms in total. The Labute approximate surface area is 141 Å². The number of hydrogen-bond donors (Lipinski definition) is 2. The molecule has 0 unspecified atom stereocenters. The zero-order valence-electron chi connectivity index (χ0n) is 15.1. The monoisotopic (exact) mass is 316 g/mol. The van der Waals surface area contributed by atoms with E-state index in [1.165, 1.54) is 31.2 Å². The van der Waals surface area contributed by atoms with Gasteiger partial charge in [-0.2, -0.15) is 0 Å². The van der Waals surface area contributed by atoms with Crippen LogP contribution in [0, 0.1) is 5.41 Å². The minimum Gasteiger partial charge on any atom is -0.370 e. The van der Waals surface area contributed by atoms with E-state index in [1.54, 1.807) is 0 Å². The van der Waals surface area contributed by atoms with Crippen molar-refractivity contribution in [2.45, 2.75) is 45.4 Å². The number of nitrogens with two attached hydrogens (primary N) is 1. The van der Waals surface area contributed by atoms with Gasteiger partial charge in [0, 0.05) is 24.2 Å². The molecule has 0 radical (unpaired) electrons. The molecule has 1 aliphatic rings. The number of guanidine groups is 1. The topological polar surface area (TPSA) is 53.6 Å². The third-order valence-electron chi connectivity index (χ3n) is 4.73. The lowest BCUT2D eigenvalue weighted by Crippen LogP contribution is -2.35. The fraction of sp³-hybridized carbons (Fsp3) is 0.632. The van der Waals surface area contributed by atoms with Crippen molar-refractivity contribution in [3.63, 3.8) is 0 Å². The van der Waals surface area contributed by atoms with Gasteiger partial charge in [-0.3, -0.25) is 4.99 Å². The molecule has 23 heavy (non-hydrogen) atoms. The maximum absolute atomic E-state index is 6.12. The molecule has 0 amide bonds. The standard InChI is InChI=1S/C19H32N4/c1-15(2)16-8-7-9-17(12-16)22-18(20)21-13-19(14-23(3)4)10-5-6-11-19/h7-9,12,15H,5-6,10-11,13-14H2,1-4H3,(H3,20,21,22). The van der Waals surface area contributed by atoms with Crippen molar-refractivity contribution < 1.29 is 0 Å². The quantitative estimate of drug-likeness (QED) is 0.622. The molecule has 1 aliphatic carbocycles. The van der Waals surface area contributed by atoms with Gasteiger partial charge < -0.3 is 16.0 Å². The second kappa shape index (κ2) is 7.82. The van der Waals surface area contributed by atoms with Gasteiger partial charge in [0.2, 0.25) is 0 Å². The van der Waals surface area contributed by atoms with Gasteiger partial charge in [0.05, 0.1) is 0 Å². The summed E-state index contributed by atoms with van der Waals surface area (Å²) >= 11 is 0. The molecule has 2 rings (SSSR count). The van der Waals surface area contributed by atoms with Gasteiger partial charge in [0.1, 0.15) is 0 Å². The molecule has 1 aromatic rings. The van der Waals surface area contributed by atoms with Crippen molar-refractivity contribution in [3.05, 3.63) is 29.8 Å². The lowest BCUT2D eigenvalue weighted by atomic mass is 9.86. The van der Waals surface area contributed by atoms with Gasteiger partial charge in [-0.05, 0) is 50.6 Å². The van der Waals surface area contributed by atoms with Crippen molar-refractivity contribution in [3.8, 4) is 0 Å². The highest BCUT2D eigenvalue weighted by Gasteiger charge is 2.34. The second-order valence-corrected chi connectivity index (χ2v) is 7.55. The van der Waals surface area contributed by atoms with Crippen molar-refractivity contribution in [2.24, 2.45) is 16.1 Å². The summed E-state index contributed by atoms with van der Waals surface area (Å²) in [4.78, 5) is 6.93. The number of nitrogens with zero attached hydrogens (tertiary/aromatic N) is 2. The Morgan fingerprint density at radius 3 is 2.61 bits per heavy atom. The molecule has 0 heterocycles. The zero-order valence-corrected chi connectivity index (χ0v) is 15.1. The Balaban J connectivity index is 2.00. The number of benzene rings is 1. The molecule has 0 saturated heterocycles. The Bertz CT molecular complexity index is 528. The molecule has 128 valence electrons. The summed E-state index contributed by atoms with van der Waals surface area (Å²) in [5.74, 6) is 1.03. The molecule has 0 aliphatic heterocycles. The van der Waals surface area contributed by atoms with Crippen LogP contribution < -0.4 is 11.1 Å². The normalized spacial score (nSPS) is 17.9. The molecule has 3 N–H and O–H groups in total. The Morgan fingerprint density at radius 2 is 2.00 bits per heavy atom. The summed E-state index contributed by atoms with van der Waals surface area (Å²) in [7, 11) is 4.28. The van der Waals surface area contributed by atoms with Crippen LogP contribution in [0.3, 0.4) is 0 Å². The summed E-state index contributed by atoms with van der Waals surface area (Å²) < 4.78 is 0. The van der Waals surface area contributed by atoms with Gasteiger partial charge >= 0.3 is 0 Å². The molecule has 0 spiro atoms. The molecule has 1 aromatic carbocycles. The largest absolute Gasteiger partial charge is 0.370 e. The van der Waals surface area contributed by atoms with Gasteiger partial charge in [-0.15, -0.1) is 0 Å². The first kappa shape index (κ1) is 17.8. The smallest absolute Gasteiger partial charge is 0.193 e. The fourth-order valence-electron chi connectivity index (χ4n) is 3.58. The van der Waals surface area contributed by atoms with E-state index in [1.807, 2.05) is 6.07 Å². The molecule has 0 aromatic heterocycles. The van der Waals surface area contributed by atoms with Crippen LogP contribution in [0.5, 0.6) is 0 Å². The van der Waals surface area contributed by atoms with Crippen LogP contribution in [0.25, 0.3) is 0 Å². The number of anilines is 1. The van der Waals surface area contributed by atoms with E-state index >= 15 is 0 Å².